The number of aromatic nitrogens is 2. The van der Waals surface area contributed by atoms with Crippen LogP contribution in [0.5, 0.6) is 0 Å². The molecular formula is C24H28N4O2S2. The summed E-state index contributed by atoms with van der Waals surface area (Å²) in [6.07, 6.45) is 3.34. The van der Waals surface area contributed by atoms with Gasteiger partial charge in [0.25, 0.3) is 0 Å². The van der Waals surface area contributed by atoms with Gasteiger partial charge in [-0.15, -0.1) is 11.3 Å². The van der Waals surface area contributed by atoms with Crippen LogP contribution in [-0.4, -0.2) is 27.5 Å². The van der Waals surface area contributed by atoms with E-state index in [1.807, 2.05) is 0 Å². The van der Waals surface area contributed by atoms with Crippen molar-refractivity contribution in [2.75, 3.05) is 16.4 Å². The number of nitrogens with one attached hydrogen (secondary N) is 2. The number of thiophene rings is 1. The number of rotatable bonds is 6. The van der Waals surface area contributed by atoms with Crippen LogP contribution in [0.4, 0.5) is 11.4 Å². The summed E-state index contributed by atoms with van der Waals surface area (Å²) >= 11 is 3.28. The highest BCUT2D eigenvalue weighted by Crippen LogP contribution is 2.41. The molecular weight excluding hydrogens is 440 g/mol. The molecule has 3 aromatic rings. The predicted molar refractivity (Wildman–Crippen MR) is 133 cm³/mol. The highest BCUT2D eigenvalue weighted by molar-refractivity contribution is 8.00. The maximum Gasteiger partial charge on any atom is 0.234 e. The summed E-state index contributed by atoms with van der Waals surface area (Å²) in [5.41, 5.74) is 2.78. The van der Waals surface area contributed by atoms with Gasteiger partial charge in [-0.05, 0) is 55.0 Å². The molecule has 1 aromatic carbocycles. The van der Waals surface area contributed by atoms with E-state index in [2.05, 4.69) is 31.4 Å². The average molecular weight is 469 g/mol. The second-order valence-corrected chi connectivity index (χ2v) is 10.7. The fraction of sp³-hybridized carbons (Fsp3) is 0.417. The van der Waals surface area contributed by atoms with Gasteiger partial charge in [0.2, 0.25) is 11.8 Å². The third-order valence-corrected chi connectivity index (χ3v) is 7.61. The van der Waals surface area contributed by atoms with Crippen molar-refractivity contribution in [2.24, 2.45) is 5.92 Å². The van der Waals surface area contributed by atoms with Crippen LogP contribution < -0.4 is 10.6 Å². The van der Waals surface area contributed by atoms with Gasteiger partial charge in [0, 0.05) is 34.5 Å². The Hall–Kier alpha value is -2.45. The predicted octanol–water partition coefficient (Wildman–Crippen LogP) is 5.63. The third-order valence-electron chi connectivity index (χ3n) is 5.48. The zero-order valence-corrected chi connectivity index (χ0v) is 20.5. The molecule has 2 N–H and O–H groups in total. The SMILES string of the molecule is CC(=O)Nc1ccc(NC(=O)CSc2nc(C(C)C)nc3sc4c(c23)CCC(C)C4)cc1. The third kappa shape index (κ3) is 5.13. The molecule has 0 saturated heterocycles. The monoisotopic (exact) mass is 468 g/mol. The number of fused-ring (bicyclic) bond motifs is 3. The molecule has 1 aliphatic carbocycles. The minimum atomic E-state index is -0.125. The van der Waals surface area contributed by atoms with E-state index >= 15 is 0 Å². The number of hydrogen-bond acceptors (Lipinski definition) is 6. The smallest absolute Gasteiger partial charge is 0.234 e. The summed E-state index contributed by atoms with van der Waals surface area (Å²) in [5.74, 6) is 1.83. The molecule has 8 heteroatoms. The number of carbonyl (C=O) groups is 2. The topological polar surface area (TPSA) is 84.0 Å². The lowest BCUT2D eigenvalue weighted by Gasteiger charge is -2.18. The Morgan fingerprint density at radius 3 is 2.50 bits per heavy atom. The molecule has 2 heterocycles. The molecule has 2 aromatic heterocycles. The summed E-state index contributed by atoms with van der Waals surface area (Å²) in [6.45, 7) is 7.97. The zero-order valence-electron chi connectivity index (χ0n) is 18.8. The fourth-order valence-corrected chi connectivity index (χ4v) is 6.17. The summed E-state index contributed by atoms with van der Waals surface area (Å²) in [4.78, 5) is 36.0. The van der Waals surface area contributed by atoms with Crippen LogP contribution in [0.1, 0.15) is 56.3 Å². The van der Waals surface area contributed by atoms with Gasteiger partial charge in [0.1, 0.15) is 15.7 Å². The van der Waals surface area contributed by atoms with Crippen molar-refractivity contribution >= 4 is 56.5 Å². The Morgan fingerprint density at radius 2 is 1.84 bits per heavy atom. The van der Waals surface area contributed by atoms with Crippen LogP contribution in [0.2, 0.25) is 0 Å². The first-order chi connectivity index (χ1) is 15.3. The number of nitrogens with zero attached hydrogens (tertiary/aromatic N) is 2. The molecule has 0 fully saturated rings. The van der Waals surface area contributed by atoms with Crippen LogP contribution in [0.3, 0.4) is 0 Å². The highest BCUT2D eigenvalue weighted by Gasteiger charge is 2.24. The number of benzene rings is 1. The number of amides is 2. The molecule has 0 bridgehead atoms. The molecule has 2 amide bonds. The molecule has 0 saturated carbocycles. The molecule has 0 spiro atoms. The van der Waals surface area contributed by atoms with Gasteiger partial charge in [-0.1, -0.05) is 32.5 Å². The van der Waals surface area contributed by atoms with E-state index in [-0.39, 0.29) is 23.5 Å². The molecule has 32 heavy (non-hydrogen) atoms. The van der Waals surface area contributed by atoms with E-state index in [1.54, 1.807) is 35.6 Å². The van der Waals surface area contributed by atoms with Crippen molar-refractivity contribution in [3.63, 3.8) is 0 Å². The Morgan fingerprint density at radius 1 is 1.16 bits per heavy atom. The lowest BCUT2D eigenvalue weighted by molar-refractivity contribution is -0.114. The van der Waals surface area contributed by atoms with Gasteiger partial charge in [0.05, 0.1) is 5.75 Å². The molecule has 6 nitrogen and oxygen atoms in total. The minimum Gasteiger partial charge on any atom is -0.326 e. The Bertz CT molecular complexity index is 1160. The first-order valence-electron chi connectivity index (χ1n) is 10.9. The highest BCUT2D eigenvalue weighted by atomic mass is 32.2. The standard InChI is InChI=1S/C24H28N4O2S2/c1-13(2)22-27-23(21-18-10-5-14(3)11-19(18)32-24(21)28-22)31-12-20(30)26-17-8-6-16(7-9-17)25-15(4)29/h6-9,13-14H,5,10-12H2,1-4H3,(H,25,29)(H,26,30). The Labute approximate surface area is 196 Å². The minimum absolute atomic E-state index is 0.0853. The Balaban J connectivity index is 1.51. The van der Waals surface area contributed by atoms with Gasteiger partial charge in [-0.3, -0.25) is 9.59 Å². The van der Waals surface area contributed by atoms with Crippen molar-refractivity contribution in [2.45, 2.75) is 57.9 Å². The molecule has 0 aliphatic heterocycles. The van der Waals surface area contributed by atoms with E-state index in [4.69, 9.17) is 9.97 Å². The van der Waals surface area contributed by atoms with Crippen LogP contribution >= 0.6 is 23.1 Å². The van der Waals surface area contributed by atoms with E-state index in [0.717, 1.165) is 33.9 Å². The van der Waals surface area contributed by atoms with Crippen molar-refractivity contribution in [3.8, 4) is 0 Å². The largest absolute Gasteiger partial charge is 0.326 e. The first kappa shape index (κ1) is 22.7. The first-order valence-corrected chi connectivity index (χ1v) is 12.7. The summed E-state index contributed by atoms with van der Waals surface area (Å²) in [6, 6.07) is 7.10. The second-order valence-electron chi connectivity index (χ2n) is 8.67. The van der Waals surface area contributed by atoms with Crippen molar-refractivity contribution in [1.29, 1.82) is 0 Å². The maximum atomic E-state index is 12.6. The zero-order chi connectivity index (χ0) is 22.8. The Kier molecular flexibility index (Phi) is 6.81. The van der Waals surface area contributed by atoms with Gasteiger partial charge >= 0.3 is 0 Å². The van der Waals surface area contributed by atoms with Gasteiger partial charge in [-0.2, -0.15) is 0 Å². The fourth-order valence-electron chi connectivity index (χ4n) is 3.86. The number of carbonyl (C=O) groups excluding carboxylic acids is 2. The van der Waals surface area contributed by atoms with E-state index < -0.39 is 0 Å². The van der Waals surface area contributed by atoms with Gasteiger partial charge < -0.3 is 10.6 Å². The van der Waals surface area contributed by atoms with Crippen molar-refractivity contribution < 1.29 is 9.59 Å². The quantitative estimate of drug-likeness (QED) is 0.362. The summed E-state index contributed by atoms with van der Waals surface area (Å²) in [5, 5.41) is 7.72. The van der Waals surface area contributed by atoms with E-state index in [0.29, 0.717) is 17.3 Å². The molecule has 4 rings (SSSR count). The molecule has 1 unspecified atom stereocenters. The van der Waals surface area contributed by atoms with Crippen molar-refractivity contribution in [3.05, 3.63) is 40.5 Å². The number of anilines is 2. The number of thioether (sulfide) groups is 1. The van der Waals surface area contributed by atoms with E-state index in [9.17, 15) is 9.59 Å². The number of hydrogen-bond donors (Lipinski definition) is 2. The van der Waals surface area contributed by atoms with Crippen LogP contribution in [-0.2, 0) is 22.4 Å². The summed E-state index contributed by atoms with van der Waals surface area (Å²) in [7, 11) is 0. The second kappa shape index (κ2) is 9.58. The van der Waals surface area contributed by atoms with Crippen molar-refractivity contribution in [1.82, 2.24) is 9.97 Å². The van der Waals surface area contributed by atoms with Crippen LogP contribution in [0.25, 0.3) is 10.2 Å². The van der Waals surface area contributed by atoms with Gasteiger partial charge in [-0.25, -0.2) is 9.97 Å². The normalized spacial score (nSPS) is 15.6. The van der Waals surface area contributed by atoms with Crippen LogP contribution in [0.15, 0.2) is 29.3 Å². The van der Waals surface area contributed by atoms with Gasteiger partial charge in [0.15, 0.2) is 0 Å². The average Bonchev–Trinajstić information content (AvgIpc) is 3.10. The van der Waals surface area contributed by atoms with E-state index in [1.165, 1.54) is 35.5 Å². The molecule has 0 radical (unpaired) electrons. The maximum absolute atomic E-state index is 12.6. The lowest BCUT2D eigenvalue weighted by atomic mass is 9.89. The summed E-state index contributed by atoms with van der Waals surface area (Å²) < 4.78 is 0. The molecule has 168 valence electrons. The molecule has 1 atom stereocenters. The molecule has 1 aliphatic rings. The number of aryl methyl sites for hydroxylation is 1. The lowest BCUT2D eigenvalue weighted by Crippen LogP contribution is -2.14. The van der Waals surface area contributed by atoms with Crippen LogP contribution in [0, 0.1) is 5.92 Å².